The summed E-state index contributed by atoms with van der Waals surface area (Å²) >= 11 is 0. The predicted molar refractivity (Wildman–Crippen MR) is 101 cm³/mol. The van der Waals surface area contributed by atoms with Crippen LogP contribution in [0.2, 0.25) is 0 Å². The van der Waals surface area contributed by atoms with E-state index in [1.165, 1.54) is 19.3 Å². The lowest BCUT2D eigenvalue weighted by molar-refractivity contribution is 0.546. The van der Waals surface area contributed by atoms with Gasteiger partial charge in [-0.25, -0.2) is 4.98 Å². The molecule has 24 heavy (non-hydrogen) atoms. The largest absolute Gasteiger partial charge is 0.354 e. The van der Waals surface area contributed by atoms with Crippen molar-refractivity contribution in [3.8, 4) is 11.3 Å². The van der Waals surface area contributed by atoms with Gasteiger partial charge in [-0.05, 0) is 18.9 Å². The Kier molecular flexibility index (Phi) is 7.33. The lowest BCUT2D eigenvalue weighted by atomic mass is 10.1. The normalized spacial score (nSPS) is 12.9. The molecule has 1 heterocycles. The van der Waals surface area contributed by atoms with Crippen LogP contribution < -0.4 is 10.6 Å². The molecule has 0 radical (unpaired) electrons. The van der Waals surface area contributed by atoms with Crippen LogP contribution in [-0.4, -0.2) is 29.0 Å². The van der Waals surface area contributed by atoms with Crippen molar-refractivity contribution in [2.75, 3.05) is 7.05 Å². The Morgan fingerprint density at radius 1 is 1.25 bits per heavy atom. The molecule has 0 aliphatic rings. The van der Waals surface area contributed by atoms with Gasteiger partial charge in [0.05, 0.1) is 18.4 Å². The second kappa shape index (κ2) is 9.75. The molecule has 130 valence electrons. The highest BCUT2D eigenvalue weighted by Crippen LogP contribution is 2.15. The average Bonchev–Trinajstić information content (AvgIpc) is 3.08. The summed E-state index contributed by atoms with van der Waals surface area (Å²) in [7, 11) is 1.80. The Labute approximate surface area is 145 Å². The Morgan fingerprint density at radius 2 is 2.04 bits per heavy atom. The molecule has 5 nitrogen and oxygen atoms in total. The van der Waals surface area contributed by atoms with Crippen LogP contribution in [0.4, 0.5) is 0 Å². The first-order valence-electron chi connectivity index (χ1n) is 8.79. The van der Waals surface area contributed by atoms with E-state index in [2.05, 4.69) is 51.6 Å². The van der Waals surface area contributed by atoms with E-state index in [4.69, 9.17) is 0 Å². The summed E-state index contributed by atoms with van der Waals surface area (Å²) in [5.74, 6) is 1.71. The molecule has 0 spiro atoms. The van der Waals surface area contributed by atoms with E-state index in [0.29, 0.717) is 12.6 Å². The zero-order valence-corrected chi connectivity index (χ0v) is 15.0. The van der Waals surface area contributed by atoms with E-state index in [-0.39, 0.29) is 0 Å². The maximum absolute atomic E-state index is 4.44. The number of aromatic nitrogens is 2. The number of hydrogen-bond acceptors (Lipinski definition) is 2. The minimum atomic E-state index is 0.416. The SMILES string of the molecule is CCCCCC(C)NC(=NC)NCc1ncc(-c2ccccc2)[nH]1. The van der Waals surface area contributed by atoms with Crippen molar-refractivity contribution in [2.24, 2.45) is 4.99 Å². The molecule has 1 aromatic carbocycles. The maximum atomic E-state index is 4.44. The molecule has 2 aromatic rings. The third kappa shape index (κ3) is 5.72. The van der Waals surface area contributed by atoms with E-state index < -0.39 is 0 Å². The molecule has 0 aliphatic carbocycles. The summed E-state index contributed by atoms with van der Waals surface area (Å²) in [6.07, 6.45) is 6.82. The molecule has 0 bridgehead atoms. The van der Waals surface area contributed by atoms with Gasteiger partial charge in [0.25, 0.3) is 0 Å². The summed E-state index contributed by atoms with van der Waals surface area (Å²) in [6, 6.07) is 10.6. The fraction of sp³-hybridized carbons (Fsp3) is 0.474. The molecule has 0 aliphatic heterocycles. The summed E-state index contributed by atoms with van der Waals surface area (Å²) in [4.78, 5) is 12.1. The summed E-state index contributed by atoms with van der Waals surface area (Å²) < 4.78 is 0. The Morgan fingerprint density at radius 3 is 2.75 bits per heavy atom. The molecular weight excluding hydrogens is 298 g/mol. The van der Waals surface area contributed by atoms with E-state index in [1.54, 1.807) is 7.05 Å². The number of nitrogens with one attached hydrogen (secondary N) is 3. The van der Waals surface area contributed by atoms with Crippen LogP contribution in [0.3, 0.4) is 0 Å². The third-order valence-electron chi connectivity index (χ3n) is 3.98. The highest BCUT2D eigenvalue weighted by Gasteiger charge is 2.07. The van der Waals surface area contributed by atoms with Gasteiger partial charge in [-0.15, -0.1) is 0 Å². The number of guanidine groups is 1. The van der Waals surface area contributed by atoms with Crippen LogP contribution in [0.25, 0.3) is 11.3 Å². The molecule has 2 rings (SSSR count). The third-order valence-corrected chi connectivity index (χ3v) is 3.98. The molecule has 0 saturated carbocycles. The molecule has 1 unspecified atom stereocenters. The number of aliphatic imine (C=N–C) groups is 1. The first-order chi connectivity index (χ1) is 11.7. The van der Waals surface area contributed by atoms with Crippen LogP contribution in [0, 0.1) is 0 Å². The van der Waals surface area contributed by atoms with Crippen molar-refractivity contribution in [3.63, 3.8) is 0 Å². The quantitative estimate of drug-likeness (QED) is 0.393. The summed E-state index contributed by atoms with van der Waals surface area (Å²) in [6.45, 7) is 5.04. The minimum absolute atomic E-state index is 0.416. The van der Waals surface area contributed by atoms with Gasteiger partial charge in [0.1, 0.15) is 5.82 Å². The molecule has 0 saturated heterocycles. The number of benzene rings is 1. The first kappa shape index (κ1) is 18.0. The van der Waals surface area contributed by atoms with E-state index >= 15 is 0 Å². The van der Waals surface area contributed by atoms with Crippen molar-refractivity contribution < 1.29 is 0 Å². The van der Waals surface area contributed by atoms with E-state index in [1.807, 2.05) is 24.4 Å². The zero-order valence-electron chi connectivity index (χ0n) is 15.0. The van der Waals surface area contributed by atoms with Crippen molar-refractivity contribution in [1.82, 2.24) is 20.6 Å². The average molecular weight is 327 g/mol. The Balaban J connectivity index is 1.82. The van der Waals surface area contributed by atoms with Gasteiger partial charge in [0, 0.05) is 13.1 Å². The number of aromatic amines is 1. The Bertz CT molecular complexity index is 618. The van der Waals surface area contributed by atoms with Crippen LogP contribution in [0.1, 0.15) is 45.4 Å². The number of hydrogen-bond donors (Lipinski definition) is 3. The van der Waals surface area contributed by atoms with Gasteiger partial charge in [-0.2, -0.15) is 0 Å². The first-order valence-corrected chi connectivity index (χ1v) is 8.79. The van der Waals surface area contributed by atoms with Gasteiger partial charge >= 0.3 is 0 Å². The lowest BCUT2D eigenvalue weighted by Gasteiger charge is -2.17. The summed E-state index contributed by atoms with van der Waals surface area (Å²) in [5.41, 5.74) is 2.17. The molecule has 1 atom stereocenters. The molecule has 0 fully saturated rings. The molecular formula is C19H29N5. The number of nitrogens with zero attached hydrogens (tertiary/aromatic N) is 2. The lowest BCUT2D eigenvalue weighted by Crippen LogP contribution is -2.42. The second-order valence-electron chi connectivity index (χ2n) is 6.08. The van der Waals surface area contributed by atoms with Crippen LogP contribution in [-0.2, 0) is 6.54 Å². The minimum Gasteiger partial charge on any atom is -0.354 e. The monoisotopic (exact) mass is 327 g/mol. The smallest absolute Gasteiger partial charge is 0.191 e. The molecule has 3 N–H and O–H groups in total. The van der Waals surface area contributed by atoms with Crippen molar-refractivity contribution in [2.45, 2.75) is 52.1 Å². The van der Waals surface area contributed by atoms with Crippen LogP contribution >= 0.6 is 0 Å². The van der Waals surface area contributed by atoms with Gasteiger partial charge < -0.3 is 15.6 Å². The number of imidazole rings is 1. The van der Waals surface area contributed by atoms with Crippen molar-refractivity contribution >= 4 is 5.96 Å². The highest BCUT2D eigenvalue weighted by atomic mass is 15.2. The fourth-order valence-corrected chi connectivity index (χ4v) is 2.58. The van der Waals surface area contributed by atoms with Crippen molar-refractivity contribution in [3.05, 3.63) is 42.4 Å². The molecule has 1 aromatic heterocycles. The van der Waals surface area contributed by atoms with Gasteiger partial charge in [-0.1, -0.05) is 56.5 Å². The Hall–Kier alpha value is -2.30. The highest BCUT2D eigenvalue weighted by molar-refractivity contribution is 5.79. The fourth-order valence-electron chi connectivity index (χ4n) is 2.58. The van der Waals surface area contributed by atoms with Crippen LogP contribution in [0.15, 0.2) is 41.5 Å². The van der Waals surface area contributed by atoms with Crippen molar-refractivity contribution in [1.29, 1.82) is 0 Å². The zero-order chi connectivity index (χ0) is 17.2. The number of H-pyrrole nitrogens is 1. The van der Waals surface area contributed by atoms with Gasteiger partial charge in [-0.3, -0.25) is 4.99 Å². The van der Waals surface area contributed by atoms with Gasteiger partial charge in [0.2, 0.25) is 0 Å². The summed E-state index contributed by atoms with van der Waals surface area (Å²) in [5, 5.41) is 6.75. The molecule has 5 heteroatoms. The maximum Gasteiger partial charge on any atom is 0.191 e. The van der Waals surface area contributed by atoms with E-state index in [9.17, 15) is 0 Å². The van der Waals surface area contributed by atoms with Gasteiger partial charge in [0.15, 0.2) is 5.96 Å². The molecule has 0 amide bonds. The second-order valence-corrected chi connectivity index (χ2v) is 6.08. The van der Waals surface area contributed by atoms with E-state index in [0.717, 1.165) is 29.5 Å². The van der Waals surface area contributed by atoms with Crippen LogP contribution in [0.5, 0.6) is 0 Å². The number of rotatable bonds is 8. The number of unbranched alkanes of at least 4 members (excludes halogenated alkanes) is 2. The predicted octanol–water partition coefficient (Wildman–Crippen LogP) is 3.71. The standard InChI is InChI=1S/C19H29N5/c1-4-5-7-10-15(2)23-19(20-3)22-14-18-21-13-17(24-18)16-11-8-6-9-12-16/h6,8-9,11-13,15H,4-5,7,10,14H2,1-3H3,(H,21,24)(H2,20,22,23). The topological polar surface area (TPSA) is 65.1 Å².